The zero-order valence-electron chi connectivity index (χ0n) is 15.0. The van der Waals surface area contributed by atoms with Crippen molar-refractivity contribution in [3.8, 4) is 11.5 Å². The SMILES string of the molecule is CCOC(=O)CC(Cc1ccc(Oc2cccc(Br)c2C)cc1)C(F)(F)F. The van der Waals surface area contributed by atoms with Crippen molar-refractivity contribution in [2.75, 3.05) is 6.61 Å². The normalized spacial score (nSPS) is 12.5. The Balaban J connectivity index is 2.08. The average molecular weight is 445 g/mol. The fourth-order valence-corrected chi connectivity index (χ4v) is 2.88. The van der Waals surface area contributed by atoms with Crippen LogP contribution in [0.3, 0.4) is 0 Å². The van der Waals surface area contributed by atoms with Crippen LogP contribution in [0.1, 0.15) is 24.5 Å². The number of ether oxygens (including phenoxy) is 2. The van der Waals surface area contributed by atoms with Gasteiger partial charge in [-0.15, -0.1) is 0 Å². The maximum absolute atomic E-state index is 13.2. The minimum Gasteiger partial charge on any atom is -0.466 e. The lowest BCUT2D eigenvalue weighted by Crippen LogP contribution is -2.28. The summed E-state index contributed by atoms with van der Waals surface area (Å²) < 4.78 is 51.0. The van der Waals surface area contributed by atoms with Gasteiger partial charge in [0.25, 0.3) is 0 Å². The Labute approximate surface area is 164 Å². The summed E-state index contributed by atoms with van der Waals surface area (Å²) in [5, 5.41) is 0. The average Bonchev–Trinajstić information content (AvgIpc) is 2.59. The Morgan fingerprint density at radius 3 is 2.41 bits per heavy atom. The van der Waals surface area contributed by atoms with E-state index < -0.39 is 24.5 Å². The van der Waals surface area contributed by atoms with E-state index in [9.17, 15) is 18.0 Å². The molecule has 0 bridgehead atoms. The van der Waals surface area contributed by atoms with Gasteiger partial charge in [-0.1, -0.05) is 34.1 Å². The van der Waals surface area contributed by atoms with E-state index in [1.165, 1.54) is 0 Å². The highest BCUT2D eigenvalue weighted by atomic mass is 79.9. The van der Waals surface area contributed by atoms with E-state index >= 15 is 0 Å². The van der Waals surface area contributed by atoms with Gasteiger partial charge in [0.1, 0.15) is 11.5 Å². The molecule has 146 valence electrons. The van der Waals surface area contributed by atoms with Crippen molar-refractivity contribution < 1.29 is 27.4 Å². The first-order valence-electron chi connectivity index (χ1n) is 8.45. The number of hydrogen-bond acceptors (Lipinski definition) is 3. The van der Waals surface area contributed by atoms with Crippen LogP contribution in [0, 0.1) is 12.8 Å². The van der Waals surface area contributed by atoms with Crippen LogP contribution >= 0.6 is 15.9 Å². The molecule has 0 aliphatic carbocycles. The fourth-order valence-electron chi connectivity index (χ4n) is 2.53. The van der Waals surface area contributed by atoms with Crippen molar-refractivity contribution in [1.29, 1.82) is 0 Å². The van der Waals surface area contributed by atoms with Gasteiger partial charge in [-0.3, -0.25) is 4.79 Å². The molecule has 0 aliphatic rings. The predicted octanol–water partition coefficient (Wildman–Crippen LogP) is 6.22. The smallest absolute Gasteiger partial charge is 0.392 e. The van der Waals surface area contributed by atoms with E-state index in [1.807, 2.05) is 25.1 Å². The van der Waals surface area contributed by atoms with Crippen LogP contribution in [0.4, 0.5) is 13.2 Å². The molecule has 0 spiro atoms. The van der Waals surface area contributed by atoms with Gasteiger partial charge in [-0.25, -0.2) is 0 Å². The van der Waals surface area contributed by atoms with Gasteiger partial charge < -0.3 is 9.47 Å². The summed E-state index contributed by atoms with van der Waals surface area (Å²) in [4.78, 5) is 11.5. The van der Waals surface area contributed by atoms with E-state index in [0.717, 1.165) is 10.0 Å². The summed E-state index contributed by atoms with van der Waals surface area (Å²) >= 11 is 3.42. The number of rotatable bonds is 7. The second kappa shape index (κ2) is 9.26. The molecule has 1 unspecified atom stereocenters. The summed E-state index contributed by atoms with van der Waals surface area (Å²) in [5.41, 5.74) is 1.40. The van der Waals surface area contributed by atoms with Crippen LogP contribution in [-0.4, -0.2) is 18.8 Å². The number of hydrogen-bond donors (Lipinski definition) is 0. The molecule has 0 saturated carbocycles. The molecule has 7 heteroatoms. The van der Waals surface area contributed by atoms with Crippen LogP contribution in [0.25, 0.3) is 0 Å². The Bertz CT molecular complexity index is 773. The molecule has 0 aliphatic heterocycles. The van der Waals surface area contributed by atoms with Crippen molar-refractivity contribution in [3.05, 3.63) is 58.1 Å². The van der Waals surface area contributed by atoms with Crippen LogP contribution in [0.5, 0.6) is 11.5 Å². The lowest BCUT2D eigenvalue weighted by atomic mass is 9.95. The number of halogens is 4. The van der Waals surface area contributed by atoms with E-state index in [2.05, 4.69) is 20.7 Å². The molecular formula is C20H20BrF3O3. The van der Waals surface area contributed by atoms with Crippen LogP contribution in [0.15, 0.2) is 46.9 Å². The van der Waals surface area contributed by atoms with Gasteiger partial charge in [-0.2, -0.15) is 13.2 Å². The summed E-state index contributed by atoms with van der Waals surface area (Å²) in [6.07, 6.45) is -5.46. The van der Waals surface area contributed by atoms with Gasteiger partial charge >= 0.3 is 12.1 Å². The van der Waals surface area contributed by atoms with Gasteiger partial charge in [0.2, 0.25) is 0 Å². The molecule has 0 N–H and O–H groups in total. The molecule has 0 amide bonds. The standard InChI is InChI=1S/C20H20BrF3O3/c1-3-26-19(25)12-15(20(22,23)24)11-14-7-9-16(10-8-14)27-18-6-4-5-17(21)13(18)2/h4-10,15H,3,11-12H2,1-2H3. The summed E-state index contributed by atoms with van der Waals surface area (Å²) in [5.74, 6) is -1.44. The van der Waals surface area contributed by atoms with E-state index in [4.69, 9.17) is 4.74 Å². The molecule has 3 nitrogen and oxygen atoms in total. The number of alkyl halides is 3. The monoisotopic (exact) mass is 444 g/mol. The molecule has 2 aromatic rings. The Morgan fingerprint density at radius 1 is 1.15 bits per heavy atom. The van der Waals surface area contributed by atoms with Gasteiger partial charge in [-0.05, 0) is 50.1 Å². The molecule has 0 fully saturated rings. The zero-order valence-corrected chi connectivity index (χ0v) is 16.6. The lowest BCUT2D eigenvalue weighted by molar-refractivity contribution is -0.184. The number of carbonyl (C=O) groups is 1. The molecule has 2 aromatic carbocycles. The van der Waals surface area contributed by atoms with E-state index in [0.29, 0.717) is 17.1 Å². The van der Waals surface area contributed by atoms with E-state index in [-0.39, 0.29) is 13.0 Å². The van der Waals surface area contributed by atoms with E-state index in [1.54, 1.807) is 31.2 Å². The molecule has 0 heterocycles. The Hall–Kier alpha value is -2.02. The third-order valence-corrected chi connectivity index (χ3v) is 4.89. The highest BCUT2D eigenvalue weighted by Gasteiger charge is 2.41. The molecule has 0 aromatic heterocycles. The third-order valence-electron chi connectivity index (χ3n) is 4.03. The predicted molar refractivity (Wildman–Crippen MR) is 99.9 cm³/mol. The minimum absolute atomic E-state index is 0.0600. The molecule has 2 rings (SSSR count). The zero-order chi connectivity index (χ0) is 20.0. The third kappa shape index (κ3) is 6.27. The topological polar surface area (TPSA) is 35.5 Å². The van der Waals surface area contributed by atoms with Crippen LogP contribution in [-0.2, 0) is 16.0 Å². The number of carbonyl (C=O) groups excluding carboxylic acids is 1. The Kier molecular flexibility index (Phi) is 7.30. The largest absolute Gasteiger partial charge is 0.466 e. The fraction of sp³-hybridized carbons (Fsp3) is 0.350. The first kappa shape index (κ1) is 21.3. The molecule has 0 saturated heterocycles. The van der Waals surface area contributed by atoms with Crippen molar-refractivity contribution >= 4 is 21.9 Å². The second-order valence-corrected chi connectivity index (χ2v) is 6.92. The second-order valence-electron chi connectivity index (χ2n) is 6.06. The van der Waals surface area contributed by atoms with Gasteiger partial charge in [0.05, 0.1) is 18.9 Å². The number of benzene rings is 2. The van der Waals surface area contributed by atoms with Crippen LogP contribution in [0.2, 0.25) is 0 Å². The van der Waals surface area contributed by atoms with Gasteiger partial charge in [0, 0.05) is 10.0 Å². The van der Waals surface area contributed by atoms with Crippen molar-refractivity contribution in [2.24, 2.45) is 5.92 Å². The summed E-state index contributed by atoms with van der Waals surface area (Å²) in [7, 11) is 0. The first-order valence-corrected chi connectivity index (χ1v) is 9.24. The molecule has 1 atom stereocenters. The van der Waals surface area contributed by atoms with Gasteiger partial charge in [0.15, 0.2) is 0 Å². The van der Waals surface area contributed by atoms with Crippen molar-refractivity contribution in [1.82, 2.24) is 0 Å². The highest BCUT2D eigenvalue weighted by Crippen LogP contribution is 2.33. The van der Waals surface area contributed by atoms with Crippen molar-refractivity contribution in [2.45, 2.75) is 32.9 Å². The van der Waals surface area contributed by atoms with Crippen molar-refractivity contribution in [3.63, 3.8) is 0 Å². The summed E-state index contributed by atoms with van der Waals surface area (Å²) in [6.45, 7) is 3.52. The molecule has 27 heavy (non-hydrogen) atoms. The maximum atomic E-state index is 13.2. The summed E-state index contributed by atoms with van der Waals surface area (Å²) in [6, 6.07) is 11.9. The minimum atomic E-state index is -4.48. The van der Waals surface area contributed by atoms with Crippen LogP contribution < -0.4 is 4.74 Å². The quantitative estimate of drug-likeness (QED) is 0.475. The molecule has 0 radical (unpaired) electrons. The Morgan fingerprint density at radius 2 is 1.81 bits per heavy atom. The first-order chi connectivity index (χ1) is 12.7. The maximum Gasteiger partial charge on any atom is 0.392 e. The number of esters is 1. The molecular weight excluding hydrogens is 425 g/mol. The lowest BCUT2D eigenvalue weighted by Gasteiger charge is -2.19. The highest BCUT2D eigenvalue weighted by molar-refractivity contribution is 9.10.